The number of rotatable bonds is 4. The summed E-state index contributed by atoms with van der Waals surface area (Å²) >= 11 is 0. The highest BCUT2D eigenvalue weighted by Gasteiger charge is 2.30. The van der Waals surface area contributed by atoms with Crippen LogP contribution in [0.2, 0.25) is 0 Å². The smallest absolute Gasteiger partial charge is 0.374 e. The standard InChI is InChI=1S/C19H18FN3O3/c1-3-25-19(24)18-11(2)16-15(26-18)5-4-12-9-23(22-17(12)16)10-14-8-13(20)6-7-21-14/h6-9H,3-5,10H2,1-2H3. The number of aryl methyl sites for hydroxylation is 2. The van der Waals surface area contributed by atoms with Crippen LogP contribution in [0.15, 0.2) is 28.9 Å². The second kappa shape index (κ2) is 6.40. The van der Waals surface area contributed by atoms with E-state index in [1.807, 2.05) is 13.1 Å². The van der Waals surface area contributed by atoms with Gasteiger partial charge in [0.25, 0.3) is 0 Å². The molecule has 0 aromatic carbocycles. The molecule has 3 aromatic rings. The molecule has 0 amide bonds. The third-order valence-electron chi connectivity index (χ3n) is 4.48. The lowest BCUT2D eigenvalue weighted by atomic mass is 9.94. The summed E-state index contributed by atoms with van der Waals surface area (Å²) in [5.74, 6) is 0.224. The maximum absolute atomic E-state index is 13.4. The zero-order valence-electron chi connectivity index (χ0n) is 14.6. The van der Waals surface area contributed by atoms with E-state index in [-0.39, 0.29) is 11.6 Å². The highest BCUT2D eigenvalue weighted by Crippen LogP contribution is 2.38. The predicted molar refractivity (Wildman–Crippen MR) is 91.3 cm³/mol. The zero-order valence-corrected chi connectivity index (χ0v) is 14.6. The Kier molecular flexibility index (Phi) is 4.06. The van der Waals surface area contributed by atoms with Crippen molar-refractivity contribution >= 4 is 5.97 Å². The predicted octanol–water partition coefficient (Wildman–Crippen LogP) is 3.31. The minimum Gasteiger partial charge on any atom is -0.460 e. The Morgan fingerprint density at radius 3 is 3.04 bits per heavy atom. The van der Waals surface area contributed by atoms with Crippen molar-refractivity contribution in [2.75, 3.05) is 6.61 Å². The maximum Gasteiger partial charge on any atom is 0.374 e. The number of halogens is 1. The Balaban J connectivity index is 1.70. The number of nitrogens with zero attached hydrogens (tertiary/aromatic N) is 3. The van der Waals surface area contributed by atoms with E-state index in [0.717, 1.165) is 34.6 Å². The summed E-state index contributed by atoms with van der Waals surface area (Å²) in [6, 6.07) is 2.71. The number of fused-ring (bicyclic) bond motifs is 3. The Morgan fingerprint density at radius 1 is 1.42 bits per heavy atom. The molecule has 6 nitrogen and oxygen atoms in total. The first kappa shape index (κ1) is 16.5. The number of aromatic nitrogens is 3. The van der Waals surface area contributed by atoms with E-state index in [0.29, 0.717) is 25.3 Å². The van der Waals surface area contributed by atoms with Gasteiger partial charge in [-0.2, -0.15) is 5.10 Å². The molecular weight excluding hydrogens is 337 g/mol. The van der Waals surface area contributed by atoms with Gasteiger partial charge in [0.2, 0.25) is 5.76 Å². The fourth-order valence-corrected chi connectivity index (χ4v) is 3.34. The Bertz CT molecular complexity index is 990. The molecule has 0 spiro atoms. The van der Waals surface area contributed by atoms with E-state index < -0.39 is 5.97 Å². The molecule has 1 aliphatic carbocycles. The number of carbonyl (C=O) groups is 1. The number of furan rings is 1. The van der Waals surface area contributed by atoms with Crippen molar-refractivity contribution < 1.29 is 18.3 Å². The van der Waals surface area contributed by atoms with Crippen LogP contribution in [0.3, 0.4) is 0 Å². The highest BCUT2D eigenvalue weighted by molar-refractivity contribution is 5.91. The minimum absolute atomic E-state index is 0.242. The molecular formula is C19H18FN3O3. The van der Waals surface area contributed by atoms with Crippen LogP contribution >= 0.6 is 0 Å². The summed E-state index contributed by atoms with van der Waals surface area (Å²) in [5.41, 5.74) is 4.09. The average Bonchev–Trinajstić information content (AvgIpc) is 3.15. The number of hydrogen-bond donors (Lipinski definition) is 0. The van der Waals surface area contributed by atoms with Gasteiger partial charge in [0.15, 0.2) is 0 Å². The first-order chi connectivity index (χ1) is 12.6. The quantitative estimate of drug-likeness (QED) is 0.672. The van der Waals surface area contributed by atoms with Crippen LogP contribution in [0, 0.1) is 12.7 Å². The van der Waals surface area contributed by atoms with Gasteiger partial charge in [-0.1, -0.05) is 0 Å². The molecule has 0 N–H and O–H groups in total. The summed E-state index contributed by atoms with van der Waals surface area (Å²) in [5, 5.41) is 4.64. The van der Waals surface area contributed by atoms with Crippen LogP contribution in [0.1, 0.15) is 40.1 Å². The molecule has 0 saturated heterocycles. The fraction of sp³-hybridized carbons (Fsp3) is 0.316. The molecule has 7 heteroatoms. The van der Waals surface area contributed by atoms with Gasteiger partial charge in [-0.25, -0.2) is 9.18 Å². The monoisotopic (exact) mass is 355 g/mol. The van der Waals surface area contributed by atoms with E-state index in [4.69, 9.17) is 9.15 Å². The molecule has 0 fully saturated rings. The number of carbonyl (C=O) groups excluding carboxylic acids is 1. The van der Waals surface area contributed by atoms with Crippen molar-refractivity contribution in [3.8, 4) is 11.3 Å². The van der Waals surface area contributed by atoms with Crippen LogP contribution in [0.4, 0.5) is 4.39 Å². The maximum atomic E-state index is 13.4. The topological polar surface area (TPSA) is 70.2 Å². The summed E-state index contributed by atoms with van der Waals surface area (Å²) in [6.07, 6.45) is 4.86. The van der Waals surface area contributed by atoms with Crippen molar-refractivity contribution in [2.24, 2.45) is 0 Å². The van der Waals surface area contributed by atoms with E-state index >= 15 is 0 Å². The summed E-state index contributed by atoms with van der Waals surface area (Å²) in [7, 11) is 0. The molecule has 4 rings (SSSR count). The molecule has 3 aromatic heterocycles. The third kappa shape index (κ3) is 2.79. The first-order valence-corrected chi connectivity index (χ1v) is 8.53. The normalized spacial score (nSPS) is 12.6. The van der Waals surface area contributed by atoms with E-state index in [9.17, 15) is 9.18 Å². The lowest BCUT2D eigenvalue weighted by Crippen LogP contribution is -2.05. The van der Waals surface area contributed by atoms with Crippen LogP contribution in [0.5, 0.6) is 0 Å². The van der Waals surface area contributed by atoms with Gasteiger partial charge in [-0.05, 0) is 38.0 Å². The molecule has 0 saturated carbocycles. The number of pyridine rings is 1. The largest absolute Gasteiger partial charge is 0.460 e. The van der Waals surface area contributed by atoms with Crippen molar-refractivity contribution in [1.29, 1.82) is 0 Å². The number of ether oxygens (including phenoxy) is 1. The number of hydrogen-bond acceptors (Lipinski definition) is 5. The summed E-state index contributed by atoms with van der Waals surface area (Å²) in [6.45, 7) is 4.28. The van der Waals surface area contributed by atoms with Gasteiger partial charge in [0, 0.05) is 29.9 Å². The lowest BCUT2D eigenvalue weighted by Gasteiger charge is -2.09. The van der Waals surface area contributed by atoms with Gasteiger partial charge in [-0.15, -0.1) is 0 Å². The minimum atomic E-state index is -0.454. The molecule has 0 aliphatic heterocycles. The highest BCUT2D eigenvalue weighted by atomic mass is 19.1. The SMILES string of the molecule is CCOC(=O)c1oc2c(c1C)-c1nn(Cc3cc(F)ccn3)cc1CC2. The van der Waals surface area contributed by atoms with Crippen molar-refractivity contribution in [1.82, 2.24) is 14.8 Å². The molecule has 0 atom stereocenters. The van der Waals surface area contributed by atoms with Crippen molar-refractivity contribution in [3.63, 3.8) is 0 Å². The summed E-state index contributed by atoms with van der Waals surface area (Å²) in [4.78, 5) is 16.3. The second-order valence-electron chi connectivity index (χ2n) is 6.24. The van der Waals surface area contributed by atoms with Gasteiger partial charge in [-0.3, -0.25) is 9.67 Å². The first-order valence-electron chi connectivity index (χ1n) is 8.53. The average molecular weight is 355 g/mol. The Hall–Kier alpha value is -2.96. The Morgan fingerprint density at radius 2 is 2.27 bits per heavy atom. The summed E-state index contributed by atoms with van der Waals surface area (Å²) < 4.78 is 25.9. The second-order valence-corrected chi connectivity index (χ2v) is 6.24. The van der Waals surface area contributed by atoms with Gasteiger partial charge in [0.05, 0.1) is 24.5 Å². The fourth-order valence-electron chi connectivity index (χ4n) is 3.34. The van der Waals surface area contributed by atoms with Crippen LogP contribution < -0.4 is 0 Å². The molecule has 1 aliphatic rings. The molecule has 0 unspecified atom stereocenters. The van der Waals surface area contributed by atoms with Crippen LogP contribution in [-0.4, -0.2) is 27.3 Å². The van der Waals surface area contributed by atoms with E-state index in [1.54, 1.807) is 11.6 Å². The van der Waals surface area contributed by atoms with E-state index in [1.165, 1.54) is 18.3 Å². The van der Waals surface area contributed by atoms with Crippen molar-refractivity contribution in [2.45, 2.75) is 33.2 Å². The molecule has 26 heavy (non-hydrogen) atoms. The number of esters is 1. The molecule has 134 valence electrons. The van der Waals surface area contributed by atoms with Gasteiger partial charge >= 0.3 is 5.97 Å². The van der Waals surface area contributed by atoms with Gasteiger partial charge in [0.1, 0.15) is 11.6 Å². The Labute approximate surface area is 149 Å². The molecule has 0 bridgehead atoms. The zero-order chi connectivity index (χ0) is 18.3. The molecule has 0 radical (unpaired) electrons. The molecule has 3 heterocycles. The van der Waals surface area contributed by atoms with E-state index in [2.05, 4.69) is 10.1 Å². The third-order valence-corrected chi connectivity index (χ3v) is 4.48. The van der Waals surface area contributed by atoms with Crippen LogP contribution in [0.25, 0.3) is 11.3 Å². The van der Waals surface area contributed by atoms with Gasteiger partial charge < -0.3 is 9.15 Å². The van der Waals surface area contributed by atoms with Crippen molar-refractivity contribution in [3.05, 3.63) is 58.7 Å². The lowest BCUT2D eigenvalue weighted by molar-refractivity contribution is 0.0487. The van der Waals surface area contributed by atoms with Crippen LogP contribution in [-0.2, 0) is 24.1 Å².